The van der Waals surface area contributed by atoms with Gasteiger partial charge in [-0.25, -0.2) is 0 Å². The van der Waals surface area contributed by atoms with Crippen LogP contribution in [0.15, 0.2) is 0 Å². The fraction of sp³-hybridized carbons (Fsp3) is 0.833. The standard InChI is InChI=1S/C12H20N2O2/c1-8(9-5-4-6-9)14-7-10(15)13-12(2,3)11(14)16/h8-9H,4-7H2,1-3H3,(H,13,15). The molecular formula is C12H20N2O2. The molecule has 0 radical (unpaired) electrons. The lowest BCUT2D eigenvalue weighted by Crippen LogP contribution is -2.66. The number of carbonyl (C=O) groups excluding carboxylic acids is 2. The quantitative estimate of drug-likeness (QED) is 0.758. The zero-order chi connectivity index (χ0) is 11.9. The second-order valence-electron chi connectivity index (χ2n) is 5.54. The van der Waals surface area contributed by atoms with E-state index in [0.29, 0.717) is 5.92 Å². The highest BCUT2D eigenvalue weighted by Gasteiger charge is 2.43. The van der Waals surface area contributed by atoms with E-state index in [1.807, 2.05) is 0 Å². The van der Waals surface area contributed by atoms with Gasteiger partial charge >= 0.3 is 0 Å². The van der Waals surface area contributed by atoms with Crippen LogP contribution in [0.5, 0.6) is 0 Å². The zero-order valence-electron chi connectivity index (χ0n) is 10.2. The molecule has 4 nitrogen and oxygen atoms in total. The Morgan fingerprint density at radius 3 is 2.50 bits per heavy atom. The van der Waals surface area contributed by atoms with Crippen LogP contribution in [0.4, 0.5) is 0 Å². The average Bonchev–Trinajstić information content (AvgIpc) is 2.07. The predicted molar refractivity (Wildman–Crippen MR) is 60.7 cm³/mol. The maximum atomic E-state index is 12.2. The van der Waals surface area contributed by atoms with Gasteiger partial charge in [-0.2, -0.15) is 0 Å². The largest absolute Gasteiger partial charge is 0.341 e. The van der Waals surface area contributed by atoms with Crippen LogP contribution in [0.3, 0.4) is 0 Å². The summed E-state index contributed by atoms with van der Waals surface area (Å²) in [5.41, 5.74) is -0.743. The first-order chi connectivity index (χ1) is 7.42. The summed E-state index contributed by atoms with van der Waals surface area (Å²) in [7, 11) is 0. The van der Waals surface area contributed by atoms with Crippen molar-refractivity contribution in [2.45, 2.75) is 51.6 Å². The Labute approximate surface area is 96.4 Å². The number of amides is 2. The van der Waals surface area contributed by atoms with E-state index in [0.717, 1.165) is 0 Å². The van der Waals surface area contributed by atoms with Crippen molar-refractivity contribution in [2.24, 2.45) is 5.92 Å². The van der Waals surface area contributed by atoms with Crippen LogP contribution in [0.2, 0.25) is 0 Å². The molecule has 0 aromatic rings. The molecule has 1 saturated carbocycles. The molecular weight excluding hydrogens is 204 g/mol. The van der Waals surface area contributed by atoms with Gasteiger partial charge < -0.3 is 10.2 Å². The van der Waals surface area contributed by atoms with Crippen LogP contribution in [0.1, 0.15) is 40.0 Å². The fourth-order valence-corrected chi connectivity index (χ4v) is 2.53. The van der Waals surface area contributed by atoms with Gasteiger partial charge in [0.2, 0.25) is 11.8 Å². The van der Waals surface area contributed by atoms with Crippen LogP contribution >= 0.6 is 0 Å². The SMILES string of the molecule is CC(C1CCC1)N1CC(=O)NC(C)(C)C1=O. The van der Waals surface area contributed by atoms with Crippen LogP contribution < -0.4 is 5.32 Å². The molecule has 90 valence electrons. The van der Waals surface area contributed by atoms with Gasteiger partial charge in [-0.05, 0) is 39.5 Å². The Morgan fingerprint density at radius 1 is 1.38 bits per heavy atom. The molecule has 2 aliphatic rings. The number of carbonyl (C=O) groups is 2. The first-order valence-electron chi connectivity index (χ1n) is 6.04. The summed E-state index contributed by atoms with van der Waals surface area (Å²) in [4.78, 5) is 25.5. The third kappa shape index (κ3) is 1.81. The van der Waals surface area contributed by atoms with Crippen molar-refractivity contribution < 1.29 is 9.59 Å². The first-order valence-corrected chi connectivity index (χ1v) is 6.04. The molecule has 1 aliphatic carbocycles. The van der Waals surface area contributed by atoms with Crippen molar-refractivity contribution in [3.05, 3.63) is 0 Å². The van der Waals surface area contributed by atoms with E-state index in [4.69, 9.17) is 0 Å². The fourth-order valence-electron chi connectivity index (χ4n) is 2.53. The molecule has 1 N–H and O–H groups in total. The van der Waals surface area contributed by atoms with Gasteiger partial charge in [0.15, 0.2) is 0 Å². The summed E-state index contributed by atoms with van der Waals surface area (Å²) in [6, 6.07) is 0.201. The van der Waals surface area contributed by atoms with Crippen molar-refractivity contribution in [1.29, 1.82) is 0 Å². The van der Waals surface area contributed by atoms with Crippen molar-refractivity contribution in [3.8, 4) is 0 Å². The molecule has 2 rings (SSSR count). The minimum absolute atomic E-state index is 0.0456. The van der Waals surface area contributed by atoms with Gasteiger partial charge in [-0.3, -0.25) is 9.59 Å². The van der Waals surface area contributed by atoms with Gasteiger partial charge in [-0.1, -0.05) is 6.42 Å². The number of nitrogens with zero attached hydrogens (tertiary/aromatic N) is 1. The van der Waals surface area contributed by atoms with E-state index >= 15 is 0 Å². The van der Waals surface area contributed by atoms with Crippen LogP contribution in [0.25, 0.3) is 0 Å². The van der Waals surface area contributed by atoms with Gasteiger partial charge in [0.25, 0.3) is 0 Å². The molecule has 1 aliphatic heterocycles. The van der Waals surface area contributed by atoms with E-state index in [1.165, 1.54) is 19.3 Å². The monoisotopic (exact) mass is 224 g/mol. The number of rotatable bonds is 2. The van der Waals surface area contributed by atoms with Gasteiger partial charge in [0, 0.05) is 6.04 Å². The molecule has 0 aromatic heterocycles. The van der Waals surface area contributed by atoms with Crippen molar-refractivity contribution >= 4 is 11.8 Å². The van der Waals surface area contributed by atoms with Gasteiger partial charge in [0.1, 0.15) is 5.54 Å². The van der Waals surface area contributed by atoms with Gasteiger partial charge in [-0.15, -0.1) is 0 Å². The minimum Gasteiger partial charge on any atom is -0.341 e. The van der Waals surface area contributed by atoms with E-state index in [1.54, 1.807) is 18.7 Å². The van der Waals surface area contributed by atoms with E-state index < -0.39 is 5.54 Å². The smallest absolute Gasteiger partial charge is 0.248 e. The van der Waals surface area contributed by atoms with E-state index in [2.05, 4.69) is 12.2 Å². The Balaban J connectivity index is 2.12. The Hall–Kier alpha value is -1.06. The average molecular weight is 224 g/mol. The number of hydrogen-bond acceptors (Lipinski definition) is 2. The van der Waals surface area contributed by atoms with Crippen molar-refractivity contribution in [1.82, 2.24) is 10.2 Å². The minimum atomic E-state index is -0.743. The van der Waals surface area contributed by atoms with Crippen LogP contribution in [-0.2, 0) is 9.59 Å². The highest BCUT2D eigenvalue weighted by molar-refractivity contribution is 5.97. The molecule has 16 heavy (non-hydrogen) atoms. The highest BCUT2D eigenvalue weighted by atomic mass is 16.2. The maximum Gasteiger partial charge on any atom is 0.248 e. The summed E-state index contributed by atoms with van der Waals surface area (Å²) >= 11 is 0. The molecule has 1 saturated heterocycles. The first kappa shape index (κ1) is 11.4. The second-order valence-corrected chi connectivity index (χ2v) is 5.54. The Morgan fingerprint density at radius 2 is 2.00 bits per heavy atom. The second kappa shape index (κ2) is 3.75. The lowest BCUT2D eigenvalue weighted by atomic mass is 9.79. The molecule has 1 heterocycles. The van der Waals surface area contributed by atoms with E-state index in [-0.39, 0.29) is 24.4 Å². The van der Waals surface area contributed by atoms with E-state index in [9.17, 15) is 9.59 Å². The Kier molecular flexibility index (Phi) is 2.68. The lowest BCUT2D eigenvalue weighted by molar-refractivity contribution is -0.152. The predicted octanol–water partition coefficient (Wildman–Crippen LogP) is 0.912. The summed E-state index contributed by atoms with van der Waals surface area (Å²) in [5.74, 6) is 0.591. The molecule has 2 amide bonds. The molecule has 0 aromatic carbocycles. The number of nitrogens with one attached hydrogen (secondary N) is 1. The van der Waals surface area contributed by atoms with Crippen molar-refractivity contribution in [2.75, 3.05) is 6.54 Å². The maximum absolute atomic E-state index is 12.2. The summed E-state index contributed by atoms with van der Waals surface area (Å²) < 4.78 is 0. The normalized spacial score (nSPS) is 27.3. The third-order valence-electron chi connectivity index (χ3n) is 3.89. The summed E-state index contributed by atoms with van der Waals surface area (Å²) in [6.07, 6.45) is 3.63. The Bertz CT molecular complexity index is 321. The molecule has 0 spiro atoms. The summed E-state index contributed by atoms with van der Waals surface area (Å²) in [5, 5.41) is 2.74. The number of piperazine rings is 1. The molecule has 2 fully saturated rings. The van der Waals surface area contributed by atoms with Gasteiger partial charge in [0.05, 0.1) is 6.54 Å². The van der Waals surface area contributed by atoms with Crippen molar-refractivity contribution in [3.63, 3.8) is 0 Å². The topological polar surface area (TPSA) is 49.4 Å². The molecule has 1 atom stereocenters. The molecule has 0 bridgehead atoms. The van der Waals surface area contributed by atoms with Crippen LogP contribution in [-0.4, -0.2) is 34.8 Å². The third-order valence-corrected chi connectivity index (χ3v) is 3.89. The zero-order valence-corrected chi connectivity index (χ0v) is 10.2. The van der Waals surface area contributed by atoms with Crippen LogP contribution in [0, 0.1) is 5.92 Å². The lowest BCUT2D eigenvalue weighted by Gasteiger charge is -2.45. The number of hydrogen-bond donors (Lipinski definition) is 1. The molecule has 4 heteroatoms. The summed E-state index contributed by atoms with van der Waals surface area (Å²) in [6.45, 7) is 5.83. The molecule has 1 unspecified atom stereocenters. The highest BCUT2D eigenvalue weighted by Crippen LogP contribution is 2.33.